The van der Waals surface area contributed by atoms with Gasteiger partial charge in [0.1, 0.15) is 0 Å². The van der Waals surface area contributed by atoms with Crippen LogP contribution in [0.5, 0.6) is 0 Å². The molecule has 0 aliphatic rings. The normalized spacial score (nSPS) is 11.0. The van der Waals surface area contributed by atoms with Gasteiger partial charge in [0.25, 0.3) is 5.69 Å². The number of carbonyl (C=O) groups is 1. The average molecular weight is 327 g/mol. The summed E-state index contributed by atoms with van der Waals surface area (Å²) in [5.41, 5.74) is 2.67. The summed E-state index contributed by atoms with van der Waals surface area (Å²) in [6.45, 7) is 6.48. The summed E-state index contributed by atoms with van der Waals surface area (Å²) in [4.78, 5) is 22.1. The molecule has 6 nitrogen and oxygen atoms in total. The Balaban J connectivity index is 1.88. The Morgan fingerprint density at radius 2 is 1.54 bits per heavy atom. The molecular formula is C18H21N3O3. The number of nitro benzene ring substituents is 1. The molecule has 2 aromatic carbocycles. The molecule has 0 aliphatic heterocycles. The number of anilines is 2. The quantitative estimate of drug-likeness (QED) is 0.643. The summed E-state index contributed by atoms with van der Waals surface area (Å²) in [7, 11) is 0. The first-order valence-electron chi connectivity index (χ1n) is 7.64. The Morgan fingerprint density at radius 1 is 1.00 bits per heavy atom. The maximum absolute atomic E-state index is 12.0. The van der Waals surface area contributed by atoms with Crippen LogP contribution in [0.3, 0.4) is 0 Å². The molecule has 0 saturated carbocycles. The molecule has 0 aliphatic carbocycles. The molecule has 2 aromatic rings. The highest BCUT2D eigenvalue weighted by Crippen LogP contribution is 2.23. The van der Waals surface area contributed by atoms with Crippen molar-refractivity contribution in [1.29, 1.82) is 0 Å². The summed E-state index contributed by atoms with van der Waals surface area (Å²) < 4.78 is 0. The van der Waals surface area contributed by atoms with Crippen LogP contribution in [-0.4, -0.2) is 17.4 Å². The van der Waals surface area contributed by atoms with Gasteiger partial charge in [0.05, 0.1) is 11.5 Å². The zero-order valence-electron chi connectivity index (χ0n) is 14.0. The Morgan fingerprint density at radius 3 is 2.04 bits per heavy atom. The third kappa shape index (κ3) is 4.81. The van der Waals surface area contributed by atoms with Crippen LogP contribution >= 0.6 is 0 Å². The highest BCUT2D eigenvalue weighted by Gasteiger charge is 2.13. The SMILES string of the molecule is CC(C)(C)c1ccc(NC(=O)CNc2ccc([N+](=O)[O-])cc2)cc1. The first-order chi connectivity index (χ1) is 11.3. The number of rotatable bonds is 5. The molecule has 0 aromatic heterocycles. The molecule has 0 saturated heterocycles. The van der Waals surface area contributed by atoms with Crippen LogP contribution in [0, 0.1) is 10.1 Å². The van der Waals surface area contributed by atoms with Gasteiger partial charge in [-0.3, -0.25) is 14.9 Å². The molecule has 24 heavy (non-hydrogen) atoms. The topological polar surface area (TPSA) is 84.3 Å². The summed E-state index contributed by atoms with van der Waals surface area (Å²) in [6, 6.07) is 13.7. The highest BCUT2D eigenvalue weighted by molar-refractivity contribution is 5.93. The van der Waals surface area contributed by atoms with Crippen LogP contribution in [0.1, 0.15) is 26.3 Å². The average Bonchev–Trinajstić information content (AvgIpc) is 2.53. The first kappa shape index (κ1) is 17.5. The summed E-state index contributed by atoms with van der Waals surface area (Å²) in [5, 5.41) is 16.3. The fraction of sp³-hybridized carbons (Fsp3) is 0.278. The van der Waals surface area contributed by atoms with Crippen LogP contribution in [0.15, 0.2) is 48.5 Å². The fourth-order valence-electron chi connectivity index (χ4n) is 2.14. The predicted molar refractivity (Wildman–Crippen MR) is 95.4 cm³/mol. The maximum atomic E-state index is 12.0. The van der Waals surface area contributed by atoms with Crippen molar-refractivity contribution in [3.8, 4) is 0 Å². The molecule has 0 heterocycles. The highest BCUT2D eigenvalue weighted by atomic mass is 16.6. The third-order valence-electron chi connectivity index (χ3n) is 3.57. The lowest BCUT2D eigenvalue weighted by molar-refractivity contribution is -0.384. The van der Waals surface area contributed by atoms with Gasteiger partial charge in [0.2, 0.25) is 5.91 Å². The van der Waals surface area contributed by atoms with Gasteiger partial charge in [-0.2, -0.15) is 0 Å². The van der Waals surface area contributed by atoms with Crippen molar-refractivity contribution >= 4 is 23.0 Å². The largest absolute Gasteiger partial charge is 0.376 e. The minimum absolute atomic E-state index is 0.0175. The molecular weight excluding hydrogens is 306 g/mol. The van der Waals surface area contributed by atoms with Gasteiger partial charge in [0, 0.05) is 23.5 Å². The third-order valence-corrected chi connectivity index (χ3v) is 3.57. The maximum Gasteiger partial charge on any atom is 0.269 e. The summed E-state index contributed by atoms with van der Waals surface area (Å²) in [6.07, 6.45) is 0. The molecule has 6 heteroatoms. The molecule has 0 atom stereocenters. The zero-order chi connectivity index (χ0) is 17.7. The van der Waals surface area contributed by atoms with E-state index in [2.05, 4.69) is 31.4 Å². The van der Waals surface area contributed by atoms with Crippen molar-refractivity contribution in [2.24, 2.45) is 0 Å². The predicted octanol–water partition coefficient (Wildman–Crippen LogP) is 3.94. The van der Waals surface area contributed by atoms with Gasteiger partial charge in [-0.1, -0.05) is 32.9 Å². The number of non-ortho nitro benzene ring substituents is 1. The van der Waals surface area contributed by atoms with Crippen molar-refractivity contribution in [3.63, 3.8) is 0 Å². The summed E-state index contributed by atoms with van der Waals surface area (Å²) >= 11 is 0. The standard InChI is InChI=1S/C18H21N3O3/c1-18(2,3)13-4-6-15(7-5-13)20-17(22)12-19-14-8-10-16(11-9-14)21(23)24/h4-11,19H,12H2,1-3H3,(H,20,22). The number of hydrogen-bond donors (Lipinski definition) is 2. The minimum atomic E-state index is -0.461. The van der Waals surface area contributed by atoms with Crippen LogP contribution in [-0.2, 0) is 10.2 Å². The number of hydrogen-bond acceptors (Lipinski definition) is 4. The van der Waals surface area contributed by atoms with E-state index in [0.29, 0.717) is 5.69 Å². The number of nitrogens with zero attached hydrogens (tertiary/aromatic N) is 1. The van der Waals surface area contributed by atoms with E-state index in [1.54, 1.807) is 12.1 Å². The van der Waals surface area contributed by atoms with Gasteiger partial charge in [-0.05, 0) is 35.2 Å². The fourth-order valence-corrected chi connectivity index (χ4v) is 2.14. The van der Waals surface area contributed by atoms with Crippen molar-refractivity contribution in [3.05, 3.63) is 64.2 Å². The van der Waals surface area contributed by atoms with E-state index >= 15 is 0 Å². The van der Waals surface area contributed by atoms with Crippen LogP contribution in [0.4, 0.5) is 17.1 Å². The molecule has 126 valence electrons. The Hall–Kier alpha value is -2.89. The van der Waals surface area contributed by atoms with Gasteiger partial charge in [0.15, 0.2) is 0 Å². The van der Waals surface area contributed by atoms with Crippen molar-refractivity contribution in [2.45, 2.75) is 26.2 Å². The molecule has 0 spiro atoms. The number of amides is 1. The van der Waals surface area contributed by atoms with E-state index < -0.39 is 4.92 Å². The number of benzene rings is 2. The lowest BCUT2D eigenvalue weighted by atomic mass is 9.87. The van der Waals surface area contributed by atoms with Crippen molar-refractivity contribution < 1.29 is 9.72 Å². The van der Waals surface area contributed by atoms with Gasteiger partial charge < -0.3 is 10.6 Å². The van der Waals surface area contributed by atoms with E-state index in [-0.39, 0.29) is 23.6 Å². The first-order valence-corrected chi connectivity index (χ1v) is 7.64. The van der Waals surface area contributed by atoms with E-state index in [0.717, 1.165) is 5.69 Å². The van der Waals surface area contributed by atoms with Crippen LogP contribution in [0.25, 0.3) is 0 Å². The second-order valence-corrected chi connectivity index (χ2v) is 6.53. The molecule has 1 amide bonds. The Labute approximate surface area is 141 Å². The molecule has 0 fully saturated rings. The Bertz CT molecular complexity index is 717. The molecule has 0 unspecified atom stereocenters. The monoisotopic (exact) mass is 327 g/mol. The minimum Gasteiger partial charge on any atom is -0.376 e. The van der Waals surface area contributed by atoms with Gasteiger partial charge in [-0.25, -0.2) is 0 Å². The number of nitrogens with one attached hydrogen (secondary N) is 2. The van der Waals surface area contributed by atoms with E-state index in [1.807, 2.05) is 24.3 Å². The lowest BCUT2D eigenvalue weighted by Gasteiger charge is -2.19. The summed E-state index contributed by atoms with van der Waals surface area (Å²) in [5.74, 6) is -0.183. The van der Waals surface area contributed by atoms with E-state index in [9.17, 15) is 14.9 Å². The molecule has 2 rings (SSSR count). The smallest absolute Gasteiger partial charge is 0.269 e. The lowest BCUT2D eigenvalue weighted by Crippen LogP contribution is -2.21. The zero-order valence-corrected chi connectivity index (χ0v) is 14.0. The second-order valence-electron chi connectivity index (χ2n) is 6.53. The number of carbonyl (C=O) groups excluding carboxylic acids is 1. The van der Waals surface area contributed by atoms with Crippen molar-refractivity contribution in [1.82, 2.24) is 0 Å². The van der Waals surface area contributed by atoms with Crippen LogP contribution in [0.2, 0.25) is 0 Å². The second kappa shape index (κ2) is 7.12. The van der Waals surface area contributed by atoms with Crippen LogP contribution < -0.4 is 10.6 Å². The molecule has 2 N–H and O–H groups in total. The van der Waals surface area contributed by atoms with Gasteiger partial charge in [-0.15, -0.1) is 0 Å². The van der Waals surface area contributed by atoms with Crippen molar-refractivity contribution in [2.75, 3.05) is 17.2 Å². The van der Waals surface area contributed by atoms with E-state index in [4.69, 9.17) is 0 Å². The molecule has 0 radical (unpaired) electrons. The van der Waals surface area contributed by atoms with E-state index in [1.165, 1.54) is 17.7 Å². The Kier molecular flexibility index (Phi) is 5.18. The van der Waals surface area contributed by atoms with Gasteiger partial charge >= 0.3 is 0 Å². The molecule has 0 bridgehead atoms. The number of nitro groups is 1.